The smallest absolute Gasteiger partial charge is 0.247 e. The van der Waals surface area contributed by atoms with Gasteiger partial charge in [-0.05, 0) is 48.0 Å². The van der Waals surface area contributed by atoms with E-state index >= 15 is 0 Å². The lowest BCUT2D eigenvalue weighted by Gasteiger charge is -2.36. The molecule has 3 aromatic carbocycles. The van der Waals surface area contributed by atoms with Gasteiger partial charge in [-0.3, -0.25) is 14.4 Å². The highest BCUT2D eigenvalue weighted by molar-refractivity contribution is 6.25. The lowest BCUT2D eigenvalue weighted by molar-refractivity contribution is -0.126. The molecule has 168 valence electrons. The summed E-state index contributed by atoms with van der Waals surface area (Å²) in [6.07, 6.45) is 3.83. The number of benzene rings is 3. The fourth-order valence-corrected chi connectivity index (χ4v) is 5.40. The molecule has 3 aliphatic rings. The van der Waals surface area contributed by atoms with Crippen LogP contribution in [0.15, 0.2) is 84.9 Å². The van der Waals surface area contributed by atoms with Crippen molar-refractivity contribution in [2.45, 2.75) is 12.1 Å². The van der Waals surface area contributed by atoms with Gasteiger partial charge in [0.25, 0.3) is 0 Å². The van der Waals surface area contributed by atoms with Gasteiger partial charge >= 0.3 is 0 Å². The predicted molar refractivity (Wildman–Crippen MR) is 126 cm³/mol. The van der Waals surface area contributed by atoms with Gasteiger partial charge < -0.3 is 10.2 Å². The van der Waals surface area contributed by atoms with E-state index in [0.717, 1.165) is 16.2 Å². The Morgan fingerprint density at radius 2 is 1.50 bits per heavy atom. The molecule has 3 amide bonds. The number of halogens is 1. The van der Waals surface area contributed by atoms with Gasteiger partial charge in [-0.25, -0.2) is 9.29 Å². The van der Waals surface area contributed by atoms with Crippen molar-refractivity contribution in [3.63, 3.8) is 0 Å². The van der Waals surface area contributed by atoms with Gasteiger partial charge in [0.1, 0.15) is 11.9 Å². The number of fused-ring (bicyclic) bond motifs is 5. The molecule has 0 bridgehead atoms. The molecule has 6 rings (SSSR count). The van der Waals surface area contributed by atoms with Crippen LogP contribution in [0.5, 0.6) is 0 Å². The van der Waals surface area contributed by atoms with Crippen molar-refractivity contribution in [2.24, 2.45) is 11.8 Å². The molecule has 0 aliphatic carbocycles. The van der Waals surface area contributed by atoms with Crippen LogP contribution in [0.4, 0.5) is 21.5 Å². The first kappa shape index (κ1) is 20.4. The summed E-state index contributed by atoms with van der Waals surface area (Å²) in [5.41, 5.74) is 2.65. The van der Waals surface area contributed by atoms with Crippen LogP contribution in [0.2, 0.25) is 0 Å². The zero-order valence-corrected chi connectivity index (χ0v) is 18.0. The second kappa shape index (κ2) is 7.66. The number of nitrogens with zero attached hydrogens (tertiary/aromatic N) is 2. The summed E-state index contributed by atoms with van der Waals surface area (Å²) in [7, 11) is 0. The molecule has 4 unspecified atom stereocenters. The van der Waals surface area contributed by atoms with Crippen molar-refractivity contribution in [3.8, 4) is 0 Å². The second-order valence-corrected chi connectivity index (χ2v) is 8.66. The minimum absolute atomic E-state index is 0.305. The Morgan fingerprint density at radius 1 is 0.824 bits per heavy atom. The number of hydrogen-bond acceptors (Lipinski definition) is 4. The largest absolute Gasteiger partial charge is 0.351 e. The number of anilines is 3. The molecular formula is C27H20FN3O3. The summed E-state index contributed by atoms with van der Waals surface area (Å²) in [6.45, 7) is 0. The maximum Gasteiger partial charge on any atom is 0.247 e. The molecule has 7 heteroatoms. The number of carbonyl (C=O) groups is 3. The molecule has 34 heavy (non-hydrogen) atoms. The third-order valence-electron chi connectivity index (χ3n) is 6.81. The number of para-hydroxylation sites is 2. The number of rotatable bonds is 3. The third kappa shape index (κ3) is 2.97. The summed E-state index contributed by atoms with van der Waals surface area (Å²) in [4.78, 5) is 43.9. The van der Waals surface area contributed by atoms with Gasteiger partial charge in [0.05, 0.1) is 23.6 Å². The molecule has 3 aliphatic heterocycles. The highest BCUT2D eigenvalue weighted by Gasteiger charge is 2.64. The highest BCUT2D eigenvalue weighted by atomic mass is 19.1. The number of imide groups is 1. The van der Waals surface area contributed by atoms with Crippen LogP contribution in [0.1, 0.15) is 5.56 Å². The van der Waals surface area contributed by atoms with Crippen LogP contribution in [-0.4, -0.2) is 29.8 Å². The first-order chi connectivity index (χ1) is 16.5. The Balaban J connectivity index is 1.44. The van der Waals surface area contributed by atoms with Crippen LogP contribution >= 0.6 is 0 Å². The zero-order valence-electron chi connectivity index (χ0n) is 18.0. The Labute approximate surface area is 195 Å². The molecule has 2 fully saturated rings. The topological polar surface area (TPSA) is 69.7 Å². The SMILES string of the molecule is O=C(Nc1ccccc1)C1C2C(=O)N(c3ccc(F)cc3)C(=O)C2C2C=Cc3ccccc3N21. The minimum atomic E-state index is -0.886. The van der Waals surface area contributed by atoms with E-state index in [1.54, 1.807) is 12.1 Å². The van der Waals surface area contributed by atoms with Gasteiger partial charge in [0, 0.05) is 11.4 Å². The van der Waals surface area contributed by atoms with E-state index in [0.29, 0.717) is 11.4 Å². The molecule has 0 spiro atoms. The Kier molecular flexibility index (Phi) is 4.58. The number of hydrogen-bond donors (Lipinski definition) is 1. The quantitative estimate of drug-likeness (QED) is 0.612. The van der Waals surface area contributed by atoms with Crippen LogP contribution < -0.4 is 15.1 Å². The third-order valence-corrected chi connectivity index (χ3v) is 6.81. The molecule has 2 saturated heterocycles. The monoisotopic (exact) mass is 453 g/mol. The molecule has 4 atom stereocenters. The molecule has 6 nitrogen and oxygen atoms in total. The molecule has 0 aromatic heterocycles. The summed E-state index contributed by atoms with van der Waals surface area (Å²) >= 11 is 0. The van der Waals surface area contributed by atoms with Crippen LogP contribution in [0.25, 0.3) is 6.08 Å². The van der Waals surface area contributed by atoms with Gasteiger partial charge in [-0.1, -0.05) is 48.6 Å². The molecular weight excluding hydrogens is 433 g/mol. The van der Waals surface area contributed by atoms with E-state index in [1.165, 1.54) is 24.3 Å². The number of nitrogens with one attached hydrogen (secondary N) is 1. The van der Waals surface area contributed by atoms with Gasteiger partial charge in [-0.2, -0.15) is 0 Å². The fraction of sp³-hybridized carbons (Fsp3) is 0.148. The molecule has 3 aromatic rings. The molecule has 1 N–H and O–H groups in total. The summed E-state index contributed by atoms with van der Waals surface area (Å²) in [6, 6.07) is 20.6. The first-order valence-corrected chi connectivity index (χ1v) is 11.1. The Bertz CT molecular complexity index is 1340. The van der Waals surface area contributed by atoms with E-state index < -0.39 is 35.6 Å². The summed E-state index contributed by atoms with van der Waals surface area (Å²) in [5.74, 6) is -3.24. The van der Waals surface area contributed by atoms with Gasteiger partial charge in [0.15, 0.2) is 0 Å². The molecule has 0 radical (unpaired) electrons. The van der Waals surface area contributed by atoms with E-state index in [4.69, 9.17) is 0 Å². The fourth-order valence-electron chi connectivity index (χ4n) is 5.40. The van der Waals surface area contributed by atoms with E-state index in [9.17, 15) is 18.8 Å². The first-order valence-electron chi connectivity index (χ1n) is 11.1. The minimum Gasteiger partial charge on any atom is -0.351 e. The van der Waals surface area contributed by atoms with Crippen molar-refractivity contribution in [1.82, 2.24) is 0 Å². The highest BCUT2D eigenvalue weighted by Crippen LogP contribution is 2.49. The van der Waals surface area contributed by atoms with E-state index in [1.807, 2.05) is 59.5 Å². The summed E-state index contributed by atoms with van der Waals surface area (Å²) in [5, 5.41) is 2.92. The van der Waals surface area contributed by atoms with Crippen molar-refractivity contribution < 1.29 is 18.8 Å². The normalized spacial score (nSPS) is 24.6. The van der Waals surface area contributed by atoms with Gasteiger partial charge in [-0.15, -0.1) is 0 Å². The van der Waals surface area contributed by atoms with Crippen LogP contribution in [0, 0.1) is 17.7 Å². The maximum atomic E-state index is 13.7. The maximum absolute atomic E-state index is 13.7. The predicted octanol–water partition coefficient (Wildman–Crippen LogP) is 3.85. The molecule has 0 saturated carbocycles. The van der Waals surface area contributed by atoms with Crippen molar-refractivity contribution >= 4 is 40.9 Å². The average Bonchev–Trinajstić information content (AvgIpc) is 3.33. The zero-order chi connectivity index (χ0) is 23.4. The van der Waals surface area contributed by atoms with E-state index in [-0.39, 0.29) is 11.8 Å². The van der Waals surface area contributed by atoms with Crippen LogP contribution in [0.3, 0.4) is 0 Å². The van der Waals surface area contributed by atoms with Crippen LogP contribution in [-0.2, 0) is 14.4 Å². The molecule has 3 heterocycles. The van der Waals surface area contributed by atoms with Crippen molar-refractivity contribution in [3.05, 3.63) is 96.3 Å². The number of amides is 3. The van der Waals surface area contributed by atoms with Gasteiger partial charge in [0.2, 0.25) is 17.7 Å². The lowest BCUT2D eigenvalue weighted by atomic mass is 9.88. The summed E-state index contributed by atoms with van der Waals surface area (Å²) < 4.78 is 13.5. The van der Waals surface area contributed by atoms with E-state index in [2.05, 4.69) is 5.32 Å². The van der Waals surface area contributed by atoms with Crippen molar-refractivity contribution in [1.29, 1.82) is 0 Å². The van der Waals surface area contributed by atoms with Crippen molar-refractivity contribution in [2.75, 3.05) is 15.1 Å². The Hall–Kier alpha value is -4.26. The lowest BCUT2D eigenvalue weighted by Crippen LogP contribution is -2.50. The average molecular weight is 453 g/mol. The number of carbonyl (C=O) groups excluding carboxylic acids is 3. The Morgan fingerprint density at radius 3 is 2.26 bits per heavy atom. The standard InChI is InChI=1S/C27H20FN3O3/c28-17-11-13-19(14-12-17)30-26(33)22-21-15-10-16-6-4-5-9-20(16)31(21)24(23(22)27(30)34)25(32)29-18-7-2-1-3-8-18/h1-15,21-24H,(H,29,32). The second-order valence-electron chi connectivity index (χ2n) is 8.66.